The lowest BCUT2D eigenvalue weighted by atomic mass is 9.81. The van der Waals surface area contributed by atoms with Crippen molar-refractivity contribution in [3.63, 3.8) is 0 Å². The number of ketones is 1. The standard InChI is InChI=1S/C13H10O3/c14-10-4-1-7-13(10,11-5-2-8-15-11)12-6-3-9-16-12/h1-3,5-9H,4H2. The van der Waals surface area contributed by atoms with E-state index >= 15 is 0 Å². The fraction of sp³-hybridized carbons (Fsp3) is 0.154. The van der Waals surface area contributed by atoms with E-state index in [1.807, 2.05) is 12.2 Å². The van der Waals surface area contributed by atoms with Crippen molar-refractivity contribution < 1.29 is 13.6 Å². The van der Waals surface area contributed by atoms with E-state index in [1.165, 1.54) is 0 Å². The first kappa shape index (κ1) is 9.21. The normalized spacial score (nSPS) is 18.1. The second kappa shape index (κ2) is 3.23. The van der Waals surface area contributed by atoms with Gasteiger partial charge in [0, 0.05) is 6.42 Å². The smallest absolute Gasteiger partial charge is 0.162 e. The molecule has 80 valence electrons. The topological polar surface area (TPSA) is 43.4 Å². The molecule has 3 rings (SSSR count). The molecule has 1 aliphatic rings. The molecule has 0 N–H and O–H groups in total. The van der Waals surface area contributed by atoms with Gasteiger partial charge in [-0.05, 0) is 24.3 Å². The van der Waals surface area contributed by atoms with Gasteiger partial charge in [-0.15, -0.1) is 0 Å². The van der Waals surface area contributed by atoms with Gasteiger partial charge in [-0.1, -0.05) is 12.2 Å². The lowest BCUT2D eigenvalue weighted by Gasteiger charge is -2.20. The first-order valence-electron chi connectivity index (χ1n) is 5.13. The molecule has 3 heteroatoms. The molecule has 16 heavy (non-hydrogen) atoms. The van der Waals surface area contributed by atoms with E-state index in [0.717, 1.165) is 0 Å². The number of carbonyl (C=O) groups is 1. The summed E-state index contributed by atoms with van der Waals surface area (Å²) in [7, 11) is 0. The quantitative estimate of drug-likeness (QED) is 0.722. The molecule has 0 amide bonds. The zero-order chi connectivity index (χ0) is 11.0. The molecule has 2 aromatic heterocycles. The Balaban J connectivity index is 2.23. The number of Topliss-reactive ketones (excluding diaryl/α,β-unsaturated/α-hetero) is 1. The van der Waals surface area contributed by atoms with Gasteiger partial charge in [0.1, 0.15) is 11.5 Å². The van der Waals surface area contributed by atoms with Crippen LogP contribution in [0, 0.1) is 0 Å². The minimum absolute atomic E-state index is 0.0809. The molecular weight excluding hydrogens is 204 g/mol. The summed E-state index contributed by atoms with van der Waals surface area (Å²) in [5.74, 6) is 1.31. The summed E-state index contributed by atoms with van der Waals surface area (Å²) >= 11 is 0. The predicted octanol–water partition coefficient (Wildman–Crippen LogP) is 2.69. The highest BCUT2D eigenvalue weighted by Crippen LogP contribution is 2.39. The third kappa shape index (κ3) is 1.05. The first-order chi connectivity index (χ1) is 7.84. The molecule has 2 aromatic rings. The SMILES string of the molecule is O=C1CC=CC1(c1ccco1)c1ccco1. The Hall–Kier alpha value is -2.03. The molecule has 0 bridgehead atoms. The highest BCUT2D eigenvalue weighted by Gasteiger charge is 2.46. The van der Waals surface area contributed by atoms with E-state index in [4.69, 9.17) is 8.83 Å². The monoisotopic (exact) mass is 214 g/mol. The summed E-state index contributed by atoms with van der Waals surface area (Å²) in [5.41, 5.74) is -0.854. The molecule has 3 nitrogen and oxygen atoms in total. The molecule has 0 aliphatic heterocycles. The summed E-state index contributed by atoms with van der Waals surface area (Å²) in [4.78, 5) is 12.1. The van der Waals surface area contributed by atoms with Crippen LogP contribution in [0.2, 0.25) is 0 Å². The summed E-state index contributed by atoms with van der Waals surface area (Å²) in [6.45, 7) is 0. The van der Waals surface area contributed by atoms with Gasteiger partial charge in [-0.25, -0.2) is 0 Å². The maximum Gasteiger partial charge on any atom is 0.162 e. The van der Waals surface area contributed by atoms with E-state index < -0.39 is 5.41 Å². The molecule has 0 saturated heterocycles. The highest BCUT2D eigenvalue weighted by atomic mass is 16.3. The maximum absolute atomic E-state index is 12.1. The van der Waals surface area contributed by atoms with Gasteiger partial charge in [-0.3, -0.25) is 4.79 Å². The predicted molar refractivity (Wildman–Crippen MR) is 57.0 cm³/mol. The summed E-state index contributed by atoms with van der Waals surface area (Å²) in [6.07, 6.45) is 7.26. The fourth-order valence-electron chi connectivity index (χ4n) is 2.16. The average Bonchev–Trinajstić information content (AvgIpc) is 2.98. The van der Waals surface area contributed by atoms with Crippen molar-refractivity contribution in [3.05, 3.63) is 60.5 Å². The van der Waals surface area contributed by atoms with Gasteiger partial charge >= 0.3 is 0 Å². The van der Waals surface area contributed by atoms with Crippen LogP contribution >= 0.6 is 0 Å². The third-order valence-corrected chi connectivity index (χ3v) is 2.93. The molecule has 0 atom stereocenters. The maximum atomic E-state index is 12.1. The van der Waals surface area contributed by atoms with Crippen LogP contribution in [0.25, 0.3) is 0 Å². The van der Waals surface area contributed by atoms with Crippen LogP contribution in [0.15, 0.2) is 57.8 Å². The summed E-state index contributed by atoms with van der Waals surface area (Å²) in [5, 5.41) is 0. The molecule has 0 unspecified atom stereocenters. The number of allylic oxidation sites excluding steroid dienone is 2. The lowest BCUT2D eigenvalue weighted by molar-refractivity contribution is -0.121. The molecule has 1 aliphatic carbocycles. The van der Waals surface area contributed by atoms with Gasteiger partial charge in [0.05, 0.1) is 12.5 Å². The number of hydrogen-bond acceptors (Lipinski definition) is 3. The number of rotatable bonds is 2. The van der Waals surface area contributed by atoms with E-state index in [9.17, 15) is 4.79 Å². The van der Waals surface area contributed by atoms with Gasteiger partial charge in [0.2, 0.25) is 0 Å². The van der Waals surface area contributed by atoms with Gasteiger partial charge in [0.25, 0.3) is 0 Å². The Bertz CT molecular complexity index is 483. The Morgan fingerprint density at radius 1 is 1.06 bits per heavy atom. The molecule has 0 aromatic carbocycles. The Kier molecular flexibility index (Phi) is 1.86. The molecule has 2 heterocycles. The van der Waals surface area contributed by atoms with Crippen LogP contribution in [0.1, 0.15) is 17.9 Å². The summed E-state index contributed by atoms with van der Waals surface area (Å²) in [6, 6.07) is 7.16. The van der Waals surface area contributed by atoms with Crippen molar-refractivity contribution in [1.29, 1.82) is 0 Å². The van der Waals surface area contributed by atoms with E-state index in [0.29, 0.717) is 17.9 Å². The second-order valence-corrected chi connectivity index (χ2v) is 3.79. The van der Waals surface area contributed by atoms with Crippen molar-refractivity contribution in [3.8, 4) is 0 Å². The molecule has 0 spiro atoms. The van der Waals surface area contributed by atoms with Crippen LogP contribution in [0.3, 0.4) is 0 Å². The summed E-state index contributed by atoms with van der Waals surface area (Å²) < 4.78 is 10.8. The fourth-order valence-corrected chi connectivity index (χ4v) is 2.16. The van der Waals surface area contributed by atoms with Crippen LogP contribution in [-0.4, -0.2) is 5.78 Å². The second-order valence-electron chi connectivity index (χ2n) is 3.79. The zero-order valence-electron chi connectivity index (χ0n) is 8.55. The molecule has 0 fully saturated rings. The molecule has 0 radical (unpaired) electrons. The van der Waals surface area contributed by atoms with Gasteiger partial charge in [0.15, 0.2) is 11.2 Å². The third-order valence-electron chi connectivity index (χ3n) is 2.93. The minimum Gasteiger partial charge on any atom is -0.467 e. The largest absolute Gasteiger partial charge is 0.467 e. The average molecular weight is 214 g/mol. The first-order valence-corrected chi connectivity index (χ1v) is 5.13. The number of carbonyl (C=O) groups excluding carboxylic acids is 1. The van der Waals surface area contributed by atoms with E-state index in [1.54, 1.807) is 36.8 Å². The van der Waals surface area contributed by atoms with Crippen molar-refractivity contribution in [2.24, 2.45) is 0 Å². The minimum atomic E-state index is -0.854. The Morgan fingerprint density at radius 3 is 2.06 bits per heavy atom. The molecular formula is C13H10O3. The van der Waals surface area contributed by atoms with Crippen molar-refractivity contribution >= 4 is 5.78 Å². The van der Waals surface area contributed by atoms with E-state index in [2.05, 4.69) is 0 Å². The lowest BCUT2D eigenvalue weighted by Crippen LogP contribution is -2.30. The number of furan rings is 2. The van der Waals surface area contributed by atoms with E-state index in [-0.39, 0.29) is 5.78 Å². The van der Waals surface area contributed by atoms with Crippen molar-refractivity contribution in [1.82, 2.24) is 0 Å². The van der Waals surface area contributed by atoms with Gasteiger partial charge in [-0.2, -0.15) is 0 Å². The van der Waals surface area contributed by atoms with Crippen molar-refractivity contribution in [2.75, 3.05) is 0 Å². The van der Waals surface area contributed by atoms with Crippen LogP contribution in [0.5, 0.6) is 0 Å². The van der Waals surface area contributed by atoms with Crippen molar-refractivity contribution in [2.45, 2.75) is 11.8 Å². The molecule has 0 saturated carbocycles. The van der Waals surface area contributed by atoms with Crippen LogP contribution in [-0.2, 0) is 10.2 Å². The zero-order valence-corrected chi connectivity index (χ0v) is 8.55. The van der Waals surface area contributed by atoms with Gasteiger partial charge < -0.3 is 8.83 Å². The Morgan fingerprint density at radius 2 is 1.69 bits per heavy atom. The number of hydrogen-bond donors (Lipinski definition) is 0. The highest BCUT2D eigenvalue weighted by molar-refractivity contribution is 5.98. The Labute approximate surface area is 92.4 Å². The van der Waals surface area contributed by atoms with Crippen LogP contribution < -0.4 is 0 Å². The van der Waals surface area contributed by atoms with Crippen LogP contribution in [0.4, 0.5) is 0 Å².